The Hall–Kier alpha value is -1.97. The van der Waals surface area contributed by atoms with Crippen LogP contribution in [0.1, 0.15) is 18.2 Å². The van der Waals surface area contributed by atoms with Gasteiger partial charge in [-0.3, -0.25) is 0 Å². The third-order valence-corrected chi connectivity index (χ3v) is 3.30. The fraction of sp³-hybridized carbons (Fsp3) is 0.357. The van der Waals surface area contributed by atoms with Crippen molar-refractivity contribution >= 4 is 11.1 Å². The van der Waals surface area contributed by atoms with Gasteiger partial charge in [-0.25, -0.2) is 4.98 Å². The van der Waals surface area contributed by atoms with Gasteiger partial charge in [0.25, 0.3) is 0 Å². The van der Waals surface area contributed by atoms with Gasteiger partial charge in [0.2, 0.25) is 5.89 Å². The van der Waals surface area contributed by atoms with E-state index in [9.17, 15) is 0 Å². The van der Waals surface area contributed by atoms with E-state index in [4.69, 9.17) is 9.15 Å². The minimum Gasteiger partial charge on any atom is -0.497 e. The lowest BCUT2D eigenvalue weighted by Gasteiger charge is -2.21. The van der Waals surface area contributed by atoms with E-state index >= 15 is 0 Å². The number of oxazole rings is 1. The van der Waals surface area contributed by atoms with Crippen LogP contribution in [0.2, 0.25) is 0 Å². The molecule has 1 aromatic carbocycles. The smallest absolute Gasteiger partial charge is 0.202 e. The average molecular weight is 244 g/mol. The zero-order valence-corrected chi connectivity index (χ0v) is 10.6. The molecule has 2 heterocycles. The van der Waals surface area contributed by atoms with E-state index in [-0.39, 0.29) is 5.92 Å². The molecule has 1 aliphatic rings. The van der Waals surface area contributed by atoms with E-state index in [0.717, 1.165) is 35.7 Å². The van der Waals surface area contributed by atoms with Crippen molar-refractivity contribution in [1.29, 1.82) is 0 Å². The molecule has 18 heavy (non-hydrogen) atoms. The number of benzene rings is 1. The number of nitrogens with zero attached hydrogens (tertiary/aromatic N) is 2. The summed E-state index contributed by atoms with van der Waals surface area (Å²) in [4.78, 5) is 6.71. The molecule has 0 aliphatic carbocycles. The molecule has 0 fully saturated rings. The Labute approximate surface area is 106 Å². The van der Waals surface area contributed by atoms with Crippen molar-refractivity contribution in [1.82, 2.24) is 9.88 Å². The molecule has 0 bridgehead atoms. The minimum absolute atomic E-state index is 0.277. The van der Waals surface area contributed by atoms with Crippen LogP contribution >= 0.6 is 0 Å². The van der Waals surface area contributed by atoms with Gasteiger partial charge in [-0.05, 0) is 24.8 Å². The molecule has 0 radical (unpaired) electrons. The van der Waals surface area contributed by atoms with Crippen molar-refractivity contribution in [2.24, 2.45) is 0 Å². The lowest BCUT2D eigenvalue weighted by Crippen LogP contribution is -2.19. The van der Waals surface area contributed by atoms with Crippen molar-refractivity contribution < 1.29 is 9.15 Å². The predicted molar refractivity (Wildman–Crippen MR) is 69.7 cm³/mol. The van der Waals surface area contributed by atoms with Crippen LogP contribution in [0.15, 0.2) is 34.9 Å². The molecule has 0 saturated carbocycles. The Bertz CT molecular complexity index is 588. The molecule has 94 valence electrons. The summed E-state index contributed by atoms with van der Waals surface area (Å²) in [5.74, 6) is 1.87. The molecule has 0 saturated heterocycles. The minimum atomic E-state index is 0.277. The van der Waals surface area contributed by atoms with Gasteiger partial charge in [0.05, 0.1) is 13.0 Å². The lowest BCUT2D eigenvalue weighted by atomic mass is 10.0. The molecule has 1 atom stereocenters. The fourth-order valence-corrected chi connectivity index (χ4v) is 2.18. The lowest BCUT2D eigenvalue weighted by molar-refractivity contribution is 0.381. The largest absolute Gasteiger partial charge is 0.497 e. The summed E-state index contributed by atoms with van der Waals surface area (Å²) in [7, 11) is 3.72. The van der Waals surface area contributed by atoms with Gasteiger partial charge in [0.15, 0.2) is 5.58 Å². The number of hydrogen-bond donors (Lipinski definition) is 0. The fourth-order valence-electron chi connectivity index (χ4n) is 2.18. The number of ether oxygens (including phenoxy) is 1. The summed E-state index contributed by atoms with van der Waals surface area (Å²) in [5, 5.41) is 0. The molecule has 0 amide bonds. The van der Waals surface area contributed by atoms with E-state index in [0.29, 0.717) is 0 Å². The van der Waals surface area contributed by atoms with E-state index in [1.165, 1.54) is 0 Å². The van der Waals surface area contributed by atoms with Crippen LogP contribution < -0.4 is 4.74 Å². The zero-order valence-electron chi connectivity index (χ0n) is 10.6. The van der Waals surface area contributed by atoms with Crippen LogP contribution in [0.25, 0.3) is 11.1 Å². The first-order valence-electron chi connectivity index (χ1n) is 6.09. The number of allylic oxidation sites excluding steroid dienone is 1. The molecular weight excluding hydrogens is 228 g/mol. The zero-order chi connectivity index (χ0) is 12.5. The molecule has 1 aliphatic heterocycles. The molecule has 0 N–H and O–H groups in total. The molecule has 0 spiro atoms. The van der Waals surface area contributed by atoms with E-state index in [1.54, 1.807) is 7.11 Å². The molecule has 4 heteroatoms. The quantitative estimate of drug-likeness (QED) is 0.814. The van der Waals surface area contributed by atoms with Crippen molar-refractivity contribution in [2.75, 3.05) is 20.7 Å². The number of fused-ring (bicyclic) bond motifs is 1. The van der Waals surface area contributed by atoms with Crippen LogP contribution in [0.4, 0.5) is 0 Å². The maximum Gasteiger partial charge on any atom is 0.202 e. The second-order valence-electron chi connectivity index (χ2n) is 4.60. The highest BCUT2D eigenvalue weighted by molar-refractivity contribution is 5.74. The molecule has 2 aromatic rings. The highest BCUT2D eigenvalue weighted by Crippen LogP contribution is 2.29. The van der Waals surface area contributed by atoms with Crippen molar-refractivity contribution in [3.8, 4) is 5.75 Å². The normalized spacial score (nSPS) is 19.4. The van der Waals surface area contributed by atoms with Gasteiger partial charge in [0, 0.05) is 19.7 Å². The summed E-state index contributed by atoms with van der Waals surface area (Å²) in [6.07, 6.45) is 5.27. The van der Waals surface area contributed by atoms with Crippen molar-refractivity contribution in [2.45, 2.75) is 12.3 Å². The summed E-state index contributed by atoms with van der Waals surface area (Å²) >= 11 is 0. The molecular formula is C14H16N2O2. The van der Waals surface area contributed by atoms with Gasteiger partial charge in [0.1, 0.15) is 11.3 Å². The Morgan fingerprint density at radius 3 is 3.06 bits per heavy atom. The van der Waals surface area contributed by atoms with Gasteiger partial charge in [-0.15, -0.1) is 0 Å². The first-order valence-corrected chi connectivity index (χ1v) is 6.09. The van der Waals surface area contributed by atoms with Crippen LogP contribution in [0.3, 0.4) is 0 Å². The molecule has 1 unspecified atom stereocenters. The average Bonchev–Trinajstić information content (AvgIpc) is 2.82. The van der Waals surface area contributed by atoms with Gasteiger partial charge < -0.3 is 14.1 Å². The standard InChI is InChI=1S/C14H16N2O2/c1-16-7-5-10(6-8-16)14-15-12-4-3-11(17-2)9-13(12)18-14/h3-5,7,9-10H,6,8H2,1-2H3. The molecule has 4 nitrogen and oxygen atoms in total. The topological polar surface area (TPSA) is 38.5 Å². The Morgan fingerprint density at radius 2 is 2.33 bits per heavy atom. The second-order valence-corrected chi connectivity index (χ2v) is 4.60. The third kappa shape index (κ3) is 1.94. The van der Waals surface area contributed by atoms with Crippen molar-refractivity contribution in [3.05, 3.63) is 36.4 Å². The summed E-state index contributed by atoms with van der Waals surface area (Å²) < 4.78 is 11.0. The van der Waals surface area contributed by atoms with Crippen LogP contribution in [-0.2, 0) is 0 Å². The molecule has 1 aromatic heterocycles. The monoisotopic (exact) mass is 244 g/mol. The van der Waals surface area contributed by atoms with Crippen LogP contribution in [-0.4, -0.2) is 30.6 Å². The predicted octanol–water partition coefficient (Wildman–Crippen LogP) is 2.77. The van der Waals surface area contributed by atoms with E-state index < -0.39 is 0 Å². The van der Waals surface area contributed by atoms with Gasteiger partial charge >= 0.3 is 0 Å². The highest BCUT2D eigenvalue weighted by atomic mass is 16.5. The SMILES string of the molecule is COc1ccc2nc(C3C=CN(C)CC3)oc2c1. The highest BCUT2D eigenvalue weighted by Gasteiger charge is 2.19. The Balaban J connectivity index is 1.95. The Morgan fingerprint density at radius 1 is 1.44 bits per heavy atom. The first-order chi connectivity index (χ1) is 8.76. The first kappa shape index (κ1) is 11.1. The van der Waals surface area contributed by atoms with Gasteiger partial charge in [-0.1, -0.05) is 6.08 Å². The maximum atomic E-state index is 5.82. The van der Waals surface area contributed by atoms with Crippen LogP contribution in [0, 0.1) is 0 Å². The maximum absolute atomic E-state index is 5.82. The van der Waals surface area contributed by atoms with E-state index in [2.05, 4.69) is 29.2 Å². The summed E-state index contributed by atoms with van der Waals surface area (Å²) in [6.45, 7) is 1.03. The van der Waals surface area contributed by atoms with Gasteiger partial charge in [-0.2, -0.15) is 0 Å². The second kappa shape index (κ2) is 4.37. The number of hydrogen-bond acceptors (Lipinski definition) is 4. The van der Waals surface area contributed by atoms with Crippen LogP contribution in [0.5, 0.6) is 5.75 Å². The Kier molecular flexibility index (Phi) is 2.70. The number of rotatable bonds is 2. The van der Waals surface area contributed by atoms with E-state index in [1.807, 2.05) is 18.2 Å². The number of aromatic nitrogens is 1. The summed E-state index contributed by atoms with van der Waals surface area (Å²) in [6, 6.07) is 5.71. The van der Waals surface area contributed by atoms with Crippen molar-refractivity contribution in [3.63, 3.8) is 0 Å². The molecule has 3 rings (SSSR count). The number of methoxy groups -OCH3 is 1. The third-order valence-electron chi connectivity index (χ3n) is 3.30. The summed E-state index contributed by atoms with van der Waals surface area (Å²) in [5.41, 5.74) is 1.68.